The molecule has 0 radical (unpaired) electrons. The highest BCUT2D eigenvalue weighted by molar-refractivity contribution is 6.32. The van der Waals surface area contributed by atoms with Gasteiger partial charge in [-0.25, -0.2) is 0 Å². The molecule has 2 heterocycles. The minimum atomic E-state index is -1.37. The number of phenolic OH excluding ortho intramolecular Hbond substituents is 2. The summed E-state index contributed by atoms with van der Waals surface area (Å²) in [5, 5.41) is 20.3. The van der Waals surface area contributed by atoms with Crippen LogP contribution in [-0.4, -0.2) is 22.1 Å². The Morgan fingerprint density at radius 3 is 2.14 bits per heavy atom. The molecule has 3 aliphatic rings. The Morgan fingerprint density at radius 1 is 1.00 bits per heavy atom. The third-order valence-electron chi connectivity index (χ3n) is 5.57. The lowest BCUT2D eigenvalue weighted by Crippen LogP contribution is -2.34. The molecule has 5 rings (SSSR count). The van der Waals surface area contributed by atoms with Gasteiger partial charge in [0, 0.05) is 35.1 Å². The second-order valence-corrected chi connectivity index (χ2v) is 8.23. The number of esters is 1. The topological polar surface area (TPSA) is 76.0 Å². The van der Waals surface area contributed by atoms with E-state index < -0.39 is 17.5 Å². The minimum absolute atomic E-state index is 0.0837. The van der Waals surface area contributed by atoms with Crippen molar-refractivity contribution < 1.29 is 24.5 Å². The fraction of sp³-hybridized carbons (Fsp3) is 0.190. The van der Waals surface area contributed by atoms with Gasteiger partial charge in [-0.3, -0.25) is 4.79 Å². The van der Waals surface area contributed by atoms with Crippen LogP contribution in [0.5, 0.6) is 23.0 Å². The molecule has 1 spiro atoms. The largest absolute Gasteiger partial charge is 0.506 e. The second-order valence-electron chi connectivity index (χ2n) is 7.11. The summed E-state index contributed by atoms with van der Waals surface area (Å²) in [4.78, 5) is 13.0. The SMILES string of the molecule is O=C1OC2(C3=CC=CC(CCl)C13)c1cc(Cl)c(O)cc1Oc1cc(O)c(Cl)cc12. The molecule has 148 valence electrons. The van der Waals surface area contributed by atoms with Crippen LogP contribution in [0.15, 0.2) is 48.1 Å². The van der Waals surface area contributed by atoms with Crippen LogP contribution in [0.1, 0.15) is 11.1 Å². The molecule has 1 aliphatic carbocycles. The second kappa shape index (κ2) is 6.33. The molecular weight excluding hydrogens is 439 g/mol. The molecular formula is C21H13Cl3O5. The lowest BCUT2D eigenvalue weighted by atomic mass is 9.71. The quantitative estimate of drug-likeness (QED) is 0.456. The Bertz CT molecular complexity index is 1080. The standard InChI is InChI=1S/C21H13Cl3O5/c22-8-9-2-1-3-10-19(9)20(27)29-21(10)11-4-13(23)15(25)6-17(11)28-18-7-16(26)14(24)5-12(18)21/h1-7,9,19,25-26H,8H2. The van der Waals surface area contributed by atoms with Crippen molar-refractivity contribution in [2.24, 2.45) is 11.8 Å². The smallest absolute Gasteiger partial charge is 0.315 e. The van der Waals surface area contributed by atoms with E-state index in [2.05, 4.69) is 0 Å². The molecule has 2 aromatic carbocycles. The van der Waals surface area contributed by atoms with Gasteiger partial charge in [0.05, 0.1) is 16.0 Å². The molecule has 1 fully saturated rings. The number of rotatable bonds is 1. The maximum Gasteiger partial charge on any atom is 0.315 e. The molecule has 8 heteroatoms. The van der Waals surface area contributed by atoms with Crippen LogP contribution in [0.3, 0.4) is 0 Å². The Morgan fingerprint density at radius 2 is 1.59 bits per heavy atom. The molecule has 0 bridgehead atoms. The lowest BCUT2D eigenvalue weighted by Gasteiger charge is -2.38. The number of halogens is 3. The number of aromatic hydroxyl groups is 2. The fourth-order valence-corrected chi connectivity index (χ4v) is 4.90. The van der Waals surface area contributed by atoms with Gasteiger partial charge >= 0.3 is 5.97 Å². The van der Waals surface area contributed by atoms with Crippen LogP contribution < -0.4 is 4.74 Å². The number of ether oxygens (including phenoxy) is 2. The normalized spacial score (nSPS) is 23.0. The highest BCUT2D eigenvalue weighted by Crippen LogP contribution is 2.61. The number of carbonyl (C=O) groups is 1. The first-order valence-corrected chi connectivity index (χ1v) is 10.1. The highest BCUT2D eigenvalue weighted by atomic mass is 35.5. The fourth-order valence-electron chi connectivity index (χ4n) is 4.29. The van der Waals surface area contributed by atoms with E-state index in [-0.39, 0.29) is 44.8 Å². The highest BCUT2D eigenvalue weighted by Gasteiger charge is 2.59. The summed E-state index contributed by atoms with van der Waals surface area (Å²) in [7, 11) is 0. The van der Waals surface area contributed by atoms with E-state index in [1.54, 1.807) is 0 Å². The van der Waals surface area contributed by atoms with E-state index >= 15 is 0 Å². The van der Waals surface area contributed by atoms with Crippen LogP contribution in [-0.2, 0) is 15.1 Å². The van der Waals surface area contributed by atoms with Crippen molar-refractivity contribution in [2.45, 2.75) is 5.60 Å². The van der Waals surface area contributed by atoms with Crippen LogP contribution >= 0.6 is 34.8 Å². The van der Waals surface area contributed by atoms with Gasteiger partial charge in [0.15, 0.2) is 5.60 Å². The van der Waals surface area contributed by atoms with Gasteiger partial charge in [0.1, 0.15) is 23.0 Å². The molecule has 5 nitrogen and oxygen atoms in total. The first-order valence-electron chi connectivity index (χ1n) is 8.78. The van der Waals surface area contributed by atoms with Crippen molar-refractivity contribution in [3.8, 4) is 23.0 Å². The first kappa shape index (κ1) is 18.7. The molecule has 2 aromatic rings. The zero-order valence-corrected chi connectivity index (χ0v) is 16.9. The first-order chi connectivity index (χ1) is 13.9. The Balaban J connectivity index is 1.87. The summed E-state index contributed by atoms with van der Waals surface area (Å²) >= 11 is 18.5. The van der Waals surface area contributed by atoms with E-state index in [1.165, 1.54) is 24.3 Å². The molecule has 0 saturated carbocycles. The maximum absolute atomic E-state index is 13.0. The Labute approximate surface area is 180 Å². The summed E-state index contributed by atoms with van der Waals surface area (Å²) in [5.74, 6) is -0.862. The van der Waals surface area contributed by atoms with Crippen LogP contribution in [0.2, 0.25) is 10.0 Å². The van der Waals surface area contributed by atoms with Crippen molar-refractivity contribution in [3.05, 3.63) is 69.2 Å². The number of hydrogen-bond acceptors (Lipinski definition) is 5. The molecule has 2 aliphatic heterocycles. The summed E-state index contributed by atoms with van der Waals surface area (Å²) in [5.41, 5.74) is 0.222. The average Bonchev–Trinajstić information content (AvgIpc) is 2.99. The predicted octanol–water partition coefficient (Wildman–Crippen LogP) is 5.28. The number of fused-ring (bicyclic) bond motifs is 6. The van der Waals surface area contributed by atoms with E-state index in [9.17, 15) is 15.0 Å². The maximum atomic E-state index is 13.0. The zero-order valence-electron chi connectivity index (χ0n) is 14.7. The van der Waals surface area contributed by atoms with E-state index in [0.29, 0.717) is 16.7 Å². The number of benzene rings is 2. The number of alkyl halides is 1. The zero-order chi connectivity index (χ0) is 20.5. The van der Waals surface area contributed by atoms with Crippen molar-refractivity contribution >= 4 is 40.8 Å². The number of phenols is 2. The van der Waals surface area contributed by atoms with E-state index in [4.69, 9.17) is 44.3 Å². The van der Waals surface area contributed by atoms with E-state index in [0.717, 1.165) is 0 Å². The summed E-state index contributed by atoms with van der Waals surface area (Å²) in [6.45, 7) is 0. The Hall–Kier alpha value is -2.34. The number of hydrogen-bond donors (Lipinski definition) is 2. The van der Waals surface area contributed by atoms with Crippen LogP contribution in [0.25, 0.3) is 0 Å². The lowest BCUT2D eigenvalue weighted by molar-refractivity contribution is -0.149. The van der Waals surface area contributed by atoms with Gasteiger partial charge in [-0.15, -0.1) is 11.6 Å². The molecule has 2 atom stereocenters. The third kappa shape index (κ3) is 2.44. The van der Waals surface area contributed by atoms with Crippen molar-refractivity contribution in [2.75, 3.05) is 5.88 Å². The van der Waals surface area contributed by atoms with Crippen molar-refractivity contribution in [1.82, 2.24) is 0 Å². The monoisotopic (exact) mass is 450 g/mol. The summed E-state index contributed by atoms with van der Waals surface area (Å²) in [6.07, 6.45) is 5.52. The predicted molar refractivity (Wildman–Crippen MR) is 108 cm³/mol. The van der Waals surface area contributed by atoms with E-state index in [1.807, 2.05) is 18.2 Å². The van der Waals surface area contributed by atoms with Crippen molar-refractivity contribution in [3.63, 3.8) is 0 Å². The van der Waals surface area contributed by atoms with Gasteiger partial charge in [-0.1, -0.05) is 41.4 Å². The molecule has 1 saturated heterocycles. The molecule has 0 amide bonds. The summed E-state index contributed by atoms with van der Waals surface area (Å²) in [6, 6.07) is 5.74. The minimum Gasteiger partial charge on any atom is -0.506 e. The molecule has 2 N–H and O–H groups in total. The van der Waals surface area contributed by atoms with Crippen LogP contribution in [0.4, 0.5) is 0 Å². The third-order valence-corrected chi connectivity index (χ3v) is 6.53. The average molecular weight is 452 g/mol. The number of allylic oxidation sites excluding steroid dienone is 3. The molecule has 2 unspecified atom stereocenters. The van der Waals surface area contributed by atoms with Gasteiger partial charge in [0.25, 0.3) is 0 Å². The Kier molecular flexibility index (Phi) is 4.07. The van der Waals surface area contributed by atoms with Crippen molar-refractivity contribution in [1.29, 1.82) is 0 Å². The number of carbonyl (C=O) groups excluding carboxylic acids is 1. The molecule has 29 heavy (non-hydrogen) atoms. The molecule has 0 aromatic heterocycles. The van der Waals surface area contributed by atoms with Crippen LogP contribution in [0, 0.1) is 11.8 Å². The van der Waals surface area contributed by atoms with Gasteiger partial charge in [-0.2, -0.15) is 0 Å². The van der Waals surface area contributed by atoms with Gasteiger partial charge in [0.2, 0.25) is 0 Å². The van der Waals surface area contributed by atoms with Gasteiger partial charge < -0.3 is 19.7 Å². The van der Waals surface area contributed by atoms with Gasteiger partial charge in [-0.05, 0) is 17.7 Å². The summed E-state index contributed by atoms with van der Waals surface area (Å²) < 4.78 is 11.9.